The molecule has 8 nitrogen and oxygen atoms in total. The lowest BCUT2D eigenvalue weighted by molar-refractivity contribution is 0.122. The van der Waals surface area contributed by atoms with E-state index in [4.69, 9.17) is 0 Å². The summed E-state index contributed by atoms with van der Waals surface area (Å²) in [7, 11) is -3.85. The van der Waals surface area contributed by atoms with Crippen molar-refractivity contribution < 1.29 is 18.3 Å². The molecule has 2 atom stereocenters. The summed E-state index contributed by atoms with van der Waals surface area (Å²) < 4.78 is 28.8. The molecule has 4 aromatic rings. The van der Waals surface area contributed by atoms with Gasteiger partial charge in [0.2, 0.25) is 10.0 Å². The van der Waals surface area contributed by atoms with Crippen LogP contribution in [-0.2, 0) is 10.0 Å². The second-order valence-corrected chi connectivity index (χ2v) is 10.2. The molecule has 35 heavy (non-hydrogen) atoms. The van der Waals surface area contributed by atoms with E-state index in [-0.39, 0.29) is 17.5 Å². The molecule has 9 heteroatoms. The number of nitrogens with one attached hydrogen (secondary N) is 1. The molecule has 1 saturated heterocycles. The Morgan fingerprint density at radius 3 is 2.49 bits per heavy atom. The molecule has 2 aromatic carbocycles. The molecule has 1 amide bonds. The van der Waals surface area contributed by atoms with Crippen LogP contribution in [0.15, 0.2) is 90.3 Å². The Morgan fingerprint density at radius 2 is 1.74 bits per heavy atom. The van der Waals surface area contributed by atoms with Gasteiger partial charge in [0.25, 0.3) is 0 Å². The molecule has 1 fully saturated rings. The highest BCUT2D eigenvalue weighted by molar-refractivity contribution is 7.89. The molecule has 0 aliphatic carbocycles. The average Bonchev–Trinajstić information content (AvgIpc) is 3.32. The summed E-state index contributed by atoms with van der Waals surface area (Å²) in [6.07, 6.45) is 6.77. The summed E-state index contributed by atoms with van der Waals surface area (Å²) in [5.74, 6) is 0. The monoisotopic (exact) mass is 488 g/mol. The molecule has 1 aliphatic rings. The van der Waals surface area contributed by atoms with E-state index in [2.05, 4.69) is 14.7 Å². The second-order valence-electron chi connectivity index (χ2n) is 8.51. The van der Waals surface area contributed by atoms with Gasteiger partial charge in [0.1, 0.15) is 0 Å². The highest BCUT2D eigenvalue weighted by atomic mass is 32.2. The Balaban J connectivity index is 1.33. The van der Waals surface area contributed by atoms with Gasteiger partial charge in [-0.2, -0.15) is 0 Å². The first-order chi connectivity index (χ1) is 16.9. The molecule has 0 bridgehead atoms. The van der Waals surface area contributed by atoms with Crippen LogP contribution in [-0.4, -0.2) is 47.1 Å². The number of benzene rings is 2. The van der Waals surface area contributed by atoms with Crippen molar-refractivity contribution in [3.8, 4) is 11.1 Å². The van der Waals surface area contributed by atoms with Gasteiger partial charge in [-0.25, -0.2) is 17.9 Å². The Morgan fingerprint density at radius 1 is 0.943 bits per heavy atom. The third kappa shape index (κ3) is 4.60. The van der Waals surface area contributed by atoms with E-state index < -0.39 is 22.2 Å². The van der Waals surface area contributed by atoms with Crippen LogP contribution in [0, 0.1) is 0 Å². The maximum Gasteiger partial charge on any atom is 0.408 e. The fourth-order valence-electron chi connectivity index (χ4n) is 4.74. The predicted octanol–water partition coefficient (Wildman–Crippen LogP) is 4.46. The van der Waals surface area contributed by atoms with E-state index in [1.807, 2.05) is 36.4 Å². The van der Waals surface area contributed by atoms with Crippen molar-refractivity contribution in [1.82, 2.24) is 19.6 Å². The molecule has 0 saturated carbocycles. The van der Waals surface area contributed by atoms with Crippen LogP contribution < -0.4 is 4.72 Å². The van der Waals surface area contributed by atoms with Crippen molar-refractivity contribution in [3.05, 3.63) is 91.0 Å². The number of hydrogen-bond donors (Lipinski definition) is 2. The van der Waals surface area contributed by atoms with Gasteiger partial charge in [0.05, 0.1) is 10.9 Å². The molecule has 5 rings (SSSR count). The smallest absolute Gasteiger partial charge is 0.408 e. The number of likely N-dealkylation sites (tertiary alicyclic amines) is 1. The van der Waals surface area contributed by atoms with Gasteiger partial charge in [0, 0.05) is 48.1 Å². The highest BCUT2D eigenvalue weighted by Gasteiger charge is 2.38. The van der Waals surface area contributed by atoms with Gasteiger partial charge < -0.3 is 5.11 Å². The molecule has 3 heterocycles. The van der Waals surface area contributed by atoms with Gasteiger partial charge in [-0.05, 0) is 47.7 Å². The minimum absolute atomic E-state index is 0.000370. The number of pyridine rings is 2. The molecule has 2 unspecified atom stereocenters. The Kier molecular flexibility index (Phi) is 6.19. The largest absolute Gasteiger partial charge is 0.465 e. The highest BCUT2D eigenvalue weighted by Crippen LogP contribution is 2.37. The molecule has 2 aromatic heterocycles. The summed E-state index contributed by atoms with van der Waals surface area (Å²) >= 11 is 0. The van der Waals surface area contributed by atoms with Crippen LogP contribution >= 0.6 is 0 Å². The molecule has 1 aliphatic heterocycles. The first-order valence-electron chi connectivity index (χ1n) is 11.3. The first-order valence-corrected chi connectivity index (χ1v) is 12.8. The van der Waals surface area contributed by atoms with E-state index in [1.54, 1.807) is 49.1 Å². The number of carboxylic acid groups (broad SMARTS) is 1. The number of carbonyl (C=O) groups is 1. The van der Waals surface area contributed by atoms with E-state index in [1.165, 1.54) is 4.90 Å². The van der Waals surface area contributed by atoms with Crippen molar-refractivity contribution in [2.24, 2.45) is 0 Å². The topological polar surface area (TPSA) is 112 Å². The zero-order chi connectivity index (χ0) is 24.4. The number of fused-ring (bicyclic) bond motifs is 1. The van der Waals surface area contributed by atoms with Crippen LogP contribution in [0.2, 0.25) is 0 Å². The van der Waals surface area contributed by atoms with E-state index >= 15 is 0 Å². The lowest BCUT2D eigenvalue weighted by Gasteiger charge is -2.28. The minimum atomic E-state index is -3.85. The molecule has 0 spiro atoms. The van der Waals surface area contributed by atoms with E-state index in [0.29, 0.717) is 18.2 Å². The number of hydrogen-bond acceptors (Lipinski definition) is 5. The number of amides is 1. The van der Waals surface area contributed by atoms with E-state index in [0.717, 1.165) is 22.1 Å². The third-order valence-electron chi connectivity index (χ3n) is 6.45. The number of aromatic nitrogens is 2. The van der Waals surface area contributed by atoms with Gasteiger partial charge in [-0.3, -0.25) is 14.9 Å². The molecular weight excluding hydrogens is 464 g/mol. The number of sulfonamides is 1. The van der Waals surface area contributed by atoms with Crippen LogP contribution in [0.4, 0.5) is 4.79 Å². The summed E-state index contributed by atoms with van der Waals surface area (Å²) in [5.41, 5.74) is 2.86. The molecule has 178 valence electrons. The second kappa shape index (κ2) is 9.44. The van der Waals surface area contributed by atoms with Crippen LogP contribution in [0.25, 0.3) is 21.9 Å². The Labute approximate surface area is 203 Å². The zero-order valence-corrected chi connectivity index (χ0v) is 19.6. The van der Waals surface area contributed by atoms with E-state index in [9.17, 15) is 18.3 Å². The lowest BCUT2D eigenvalue weighted by Crippen LogP contribution is -2.43. The van der Waals surface area contributed by atoms with Crippen molar-refractivity contribution in [1.29, 1.82) is 0 Å². The fourth-order valence-corrected chi connectivity index (χ4v) is 6.04. The lowest BCUT2D eigenvalue weighted by atomic mass is 10.0. The van der Waals surface area contributed by atoms with Gasteiger partial charge in [-0.15, -0.1) is 0 Å². The van der Waals surface area contributed by atoms with Crippen molar-refractivity contribution >= 4 is 26.9 Å². The Bertz CT molecular complexity index is 1450. The van der Waals surface area contributed by atoms with Crippen LogP contribution in [0.3, 0.4) is 0 Å². The first kappa shape index (κ1) is 22.9. The standard InChI is InChI=1S/C26H24N4O4S/c31-26(32)30-22(17-29-35(33,34)25-5-1-3-21-16-28-14-12-23(21)25)10-11-24(30)19-8-6-18(7-9-19)20-4-2-13-27-15-20/h1-9,12-16,22,24,29H,10-11,17H2,(H,31,32). The normalized spacial score (nSPS) is 18.1. The quantitative estimate of drug-likeness (QED) is 0.414. The molecule has 0 radical (unpaired) electrons. The van der Waals surface area contributed by atoms with Crippen molar-refractivity contribution in [2.75, 3.05) is 6.54 Å². The SMILES string of the molecule is O=C(O)N1C(CNS(=O)(=O)c2cccc3cnccc23)CCC1c1ccc(-c2cccnc2)cc1. The van der Waals surface area contributed by atoms with Crippen molar-refractivity contribution in [2.45, 2.75) is 29.8 Å². The predicted molar refractivity (Wildman–Crippen MR) is 132 cm³/mol. The van der Waals surface area contributed by atoms with Gasteiger partial charge in [0.15, 0.2) is 0 Å². The molecule has 2 N–H and O–H groups in total. The summed E-state index contributed by atoms with van der Waals surface area (Å²) in [4.78, 5) is 21.9. The van der Waals surface area contributed by atoms with Crippen LogP contribution in [0.1, 0.15) is 24.4 Å². The summed E-state index contributed by atoms with van der Waals surface area (Å²) in [6.45, 7) is 0.000370. The van der Waals surface area contributed by atoms with Crippen LogP contribution in [0.5, 0.6) is 0 Å². The third-order valence-corrected chi connectivity index (χ3v) is 7.93. The fraction of sp³-hybridized carbons (Fsp3) is 0.192. The maximum absolute atomic E-state index is 13.1. The maximum atomic E-state index is 13.1. The van der Waals surface area contributed by atoms with Crippen molar-refractivity contribution in [3.63, 3.8) is 0 Å². The minimum Gasteiger partial charge on any atom is -0.465 e. The van der Waals surface area contributed by atoms with Gasteiger partial charge in [-0.1, -0.05) is 42.5 Å². The summed E-state index contributed by atoms with van der Waals surface area (Å²) in [6, 6.07) is 17.5. The zero-order valence-electron chi connectivity index (χ0n) is 18.8. The molecular formula is C26H24N4O4S. The average molecular weight is 489 g/mol. The number of nitrogens with zero attached hydrogens (tertiary/aromatic N) is 3. The van der Waals surface area contributed by atoms with Gasteiger partial charge >= 0.3 is 6.09 Å². The summed E-state index contributed by atoms with van der Waals surface area (Å²) in [5, 5.41) is 11.3. The Hall–Kier alpha value is -3.82. The number of rotatable bonds is 6.